The van der Waals surface area contributed by atoms with Crippen molar-refractivity contribution < 1.29 is 14.7 Å². The van der Waals surface area contributed by atoms with Crippen molar-refractivity contribution >= 4 is 12.8 Å². The maximum Gasteiger partial charge on any atom is 0.290 e. The minimum absolute atomic E-state index is 0.250. The van der Waals surface area contributed by atoms with E-state index in [0.717, 1.165) is 25.7 Å². The van der Waals surface area contributed by atoms with E-state index in [1.165, 1.54) is 59.1 Å². The van der Waals surface area contributed by atoms with Crippen LogP contribution >= 0.6 is 0 Å². The molecule has 1 fully saturated rings. The van der Waals surface area contributed by atoms with Crippen LogP contribution < -0.4 is 0 Å². The highest BCUT2D eigenvalue weighted by atomic mass is 16.3. The minimum Gasteiger partial charge on any atom is -0.483 e. The van der Waals surface area contributed by atoms with Crippen LogP contribution in [0.3, 0.4) is 0 Å². The number of nitrogens with zero attached hydrogens (tertiary/aromatic N) is 1. The van der Waals surface area contributed by atoms with Crippen LogP contribution in [0.4, 0.5) is 0 Å². The van der Waals surface area contributed by atoms with Crippen molar-refractivity contribution in [3.05, 3.63) is 33.4 Å². The van der Waals surface area contributed by atoms with Gasteiger partial charge in [0.15, 0.2) is 0 Å². The van der Waals surface area contributed by atoms with Crippen molar-refractivity contribution in [2.75, 3.05) is 7.05 Å². The van der Waals surface area contributed by atoms with Crippen LogP contribution in [-0.2, 0) is 29.0 Å². The van der Waals surface area contributed by atoms with Gasteiger partial charge in [-0.2, -0.15) is 0 Å². The zero-order chi connectivity index (χ0) is 22.2. The molecule has 0 radical (unpaired) electrons. The molecule has 4 heteroatoms. The van der Waals surface area contributed by atoms with Crippen molar-refractivity contribution in [3.8, 4) is 0 Å². The molecule has 2 rings (SSSR count). The molecule has 1 aromatic carbocycles. The first-order valence-corrected chi connectivity index (χ1v) is 11.0. The molecule has 4 nitrogen and oxygen atoms in total. The van der Waals surface area contributed by atoms with Gasteiger partial charge in [0.2, 0.25) is 0 Å². The first-order valence-electron chi connectivity index (χ1n) is 11.0. The van der Waals surface area contributed by atoms with Crippen LogP contribution in [0, 0.1) is 26.2 Å². The predicted molar refractivity (Wildman–Crippen MR) is 121 cm³/mol. The Balaban J connectivity index is 0.00000132. The van der Waals surface area contributed by atoms with Gasteiger partial charge < -0.3 is 9.90 Å². The van der Waals surface area contributed by atoms with Gasteiger partial charge in [0, 0.05) is 19.0 Å². The lowest BCUT2D eigenvalue weighted by Crippen LogP contribution is -2.37. The Morgan fingerprint density at radius 3 is 2.00 bits per heavy atom. The molecule has 1 aromatic rings. The first kappa shape index (κ1) is 25.4. The summed E-state index contributed by atoms with van der Waals surface area (Å²) in [6.07, 6.45) is 9.10. The lowest BCUT2D eigenvalue weighted by molar-refractivity contribution is -0.122. The molecule has 0 aromatic heterocycles. The molecule has 164 valence electrons. The zero-order valence-electron chi connectivity index (χ0n) is 19.6. The Bertz CT molecular complexity index is 684. The first-order chi connectivity index (χ1) is 13.6. The average molecular weight is 404 g/mol. The second-order valence-electron chi connectivity index (χ2n) is 9.35. The van der Waals surface area contributed by atoms with Crippen molar-refractivity contribution in [2.24, 2.45) is 5.41 Å². The minimum atomic E-state index is -0.250. The largest absolute Gasteiger partial charge is 0.483 e. The Morgan fingerprint density at radius 1 is 1.00 bits per heavy atom. The van der Waals surface area contributed by atoms with Crippen molar-refractivity contribution in [2.45, 2.75) is 99.1 Å². The van der Waals surface area contributed by atoms with Gasteiger partial charge in [-0.1, -0.05) is 27.2 Å². The van der Waals surface area contributed by atoms with E-state index in [1.54, 1.807) is 0 Å². The van der Waals surface area contributed by atoms with Gasteiger partial charge in [-0.05, 0) is 98.7 Å². The van der Waals surface area contributed by atoms with Gasteiger partial charge in [-0.15, -0.1) is 0 Å². The lowest BCUT2D eigenvalue weighted by atomic mass is 9.75. The van der Waals surface area contributed by atoms with Crippen molar-refractivity contribution in [1.29, 1.82) is 0 Å². The van der Waals surface area contributed by atoms with Crippen LogP contribution in [0.25, 0.3) is 0 Å². The van der Waals surface area contributed by atoms with Crippen molar-refractivity contribution in [1.82, 2.24) is 4.90 Å². The van der Waals surface area contributed by atoms with Crippen LogP contribution in [0.5, 0.6) is 0 Å². The number of hydrogen-bond acceptors (Lipinski definition) is 3. The molecule has 0 amide bonds. The molecular formula is C25H41NO3. The summed E-state index contributed by atoms with van der Waals surface area (Å²) in [5.41, 5.74) is 8.85. The summed E-state index contributed by atoms with van der Waals surface area (Å²) in [5, 5.41) is 6.89. The molecule has 0 spiro atoms. The monoisotopic (exact) mass is 403 g/mol. The smallest absolute Gasteiger partial charge is 0.290 e. The zero-order valence-corrected chi connectivity index (χ0v) is 19.6. The molecule has 1 N–H and O–H groups in total. The van der Waals surface area contributed by atoms with E-state index in [0.29, 0.717) is 17.9 Å². The van der Waals surface area contributed by atoms with E-state index in [2.05, 4.69) is 53.5 Å². The summed E-state index contributed by atoms with van der Waals surface area (Å²) in [6.45, 7) is 14.5. The maximum atomic E-state index is 11.4. The normalized spacial score (nSPS) is 16.3. The van der Waals surface area contributed by atoms with E-state index in [4.69, 9.17) is 9.90 Å². The average Bonchev–Trinajstić information content (AvgIpc) is 2.66. The van der Waals surface area contributed by atoms with Crippen LogP contribution in [0.2, 0.25) is 0 Å². The number of carbonyl (C=O) groups is 2. The van der Waals surface area contributed by atoms with E-state index in [9.17, 15) is 4.79 Å². The van der Waals surface area contributed by atoms with E-state index >= 15 is 0 Å². The molecule has 1 aliphatic carbocycles. The van der Waals surface area contributed by atoms with E-state index < -0.39 is 0 Å². The van der Waals surface area contributed by atoms with Crippen LogP contribution in [0.1, 0.15) is 86.3 Å². The Hall–Kier alpha value is -1.68. The third-order valence-electron chi connectivity index (χ3n) is 6.86. The number of benzene rings is 1. The quantitative estimate of drug-likeness (QED) is 0.619. The molecule has 0 atom stereocenters. The summed E-state index contributed by atoms with van der Waals surface area (Å²) in [4.78, 5) is 22.3. The van der Waals surface area contributed by atoms with Gasteiger partial charge in [0.25, 0.3) is 6.47 Å². The third-order valence-corrected chi connectivity index (χ3v) is 6.86. The SMILES string of the molecule is CCCc1c(C)c(C)c(CN(C)C2CCC(C)(C)CC2)c(CC=O)c1C.O=CO. The fourth-order valence-corrected chi connectivity index (χ4v) is 4.77. The highest BCUT2D eigenvalue weighted by Gasteiger charge is 2.29. The highest BCUT2D eigenvalue weighted by Crippen LogP contribution is 2.37. The number of hydrogen-bond donors (Lipinski definition) is 1. The number of rotatable bonds is 7. The summed E-state index contributed by atoms with van der Waals surface area (Å²) >= 11 is 0. The topological polar surface area (TPSA) is 57.6 Å². The second-order valence-corrected chi connectivity index (χ2v) is 9.35. The summed E-state index contributed by atoms with van der Waals surface area (Å²) in [5.74, 6) is 0. The number of aldehydes is 1. The summed E-state index contributed by atoms with van der Waals surface area (Å²) in [6, 6.07) is 0.669. The molecule has 0 heterocycles. The Labute approximate surface area is 177 Å². The van der Waals surface area contributed by atoms with Crippen LogP contribution in [0.15, 0.2) is 0 Å². The van der Waals surface area contributed by atoms with Gasteiger partial charge in [0.05, 0.1) is 0 Å². The molecule has 29 heavy (non-hydrogen) atoms. The summed E-state index contributed by atoms with van der Waals surface area (Å²) < 4.78 is 0. The maximum absolute atomic E-state index is 11.4. The van der Waals surface area contributed by atoms with Gasteiger partial charge >= 0.3 is 0 Å². The molecule has 1 aliphatic rings. The molecular weight excluding hydrogens is 362 g/mol. The van der Waals surface area contributed by atoms with E-state index in [1.807, 2.05) is 0 Å². The molecule has 1 saturated carbocycles. The highest BCUT2D eigenvalue weighted by molar-refractivity contribution is 5.61. The van der Waals surface area contributed by atoms with Gasteiger partial charge in [0.1, 0.15) is 6.29 Å². The Morgan fingerprint density at radius 2 is 1.52 bits per heavy atom. The fraction of sp³-hybridized carbons (Fsp3) is 0.680. The standard InChI is InChI=1S/C24H39NO.CH2O2/c1-8-9-21-17(2)18(3)23(22(12-15-26)19(21)4)16-25(7)20-10-13-24(5,6)14-11-20;2-1-3/h15,20H,8-14,16H2,1-7H3;1H,(H,2,3). The predicted octanol–water partition coefficient (Wildman–Crippen LogP) is 5.41. The van der Waals surface area contributed by atoms with Crippen LogP contribution in [-0.4, -0.2) is 35.9 Å². The van der Waals surface area contributed by atoms with Gasteiger partial charge in [-0.3, -0.25) is 9.69 Å². The number of carbonyl (C=O) groups excluding carboxylic acids is 1. The number of carboxylic acid groups (broad SMARTS) is 1. The third kappa shape index (κ3) is 6.67. The Kier molecular flexibility index (Phi) is 10.0. The molecule has 0 aliphatic heterocycles. The fourth-order valence-electron chi connectivity index (χ4n) is 4.77. The van der Waals surface area contributed by atoms with E-state index in [-0.39, 0.29) is 6.47 Å². The molecule has 0 bridgehead atoms. The summed E-state index contributed by atoms with van der Waals surface area (Å²) in [7, 11) is 2.28. The molecule has 0 unspecified atom stereocenters. The lowest BCUT2D eigenvalue weighted by Gasteiger charge is -2.39. The van der Waals surface area contributed by atoms with Gasteiger partial charge in [-0.25, -0.2) is 0 Å². The van der Waals surface area contributed by atoms with Crippen molar-refractivity contribution in [3.63, 3.8) is 0 Å². The molecule has 0 saturated heterocycles. The second kappa shape index (κ2) is 11.5.